The van der Waals surface area contributed by atoms with Crippen LogP contribution in [0.1, 0.15) is 11.6 Å². The Balaban J connectivity index is 1.47. The van der Waals surface area contributed by atoms with Crippen molar-refractivity contribution in [1.29, 1.82) is 0 Å². The Labute approximate surface area is 188 Å². The molecule has 31 heavy (non-hydrogen) atoms. The molecule has 0 aliphatic carbocycles. The quantitative estimate of drug-likeness (QED) is 0.588. The molecular weight excluding hydrogens is 432 g/mol. The largest absolute Gasteiger partial charge is 0.369 e. The summed E-state index contributed by atoms with van der Waals surface area (Å²) in [6.45, 7) is 3.69. The Morgan fingerprint density at radius 1 is 0.935 bits per heavy atom. The molecule has 1 fully saturated rings. The van der Waals surface area contributed by atoms with Crippen LogP contribution in [0.15, 0.2) is 84.0 Å². The number of hydrogen-bond donors (Lipinski definition) is 1. The van der Waals surface area contributed by atoms with E-state index >= 15 is 0 Å². The molecule has 0 saturated carbocycles. The average molecular weight is 457 g/mol. The highest BCUT2D eigenvalue weighted by Gasteiger charge is 2.27. The van der Waals surface area contributed by atoms with Gasteiger partial charge in [0, 0.05) is 55.8 Å². The molecule has 1 N–H and O–H groups in total. The number of benzene rings is 2. The fourth-order valence-electron chi connectivity index (χ4n) is 3.85. The number of anilines is 1. The maximum atomic E-state index is 12.8. The lowest BCUT2D eigenvalue weighted by Gasteiger charge is -2.40. The molecule has 1 aliphatic heterocycles. The van der Waals surface area contributed by atoms with Gasteiger partial charge in [-0.25, -0.2) is 13.1 Å². The van der Waals surface area contributed by atoms with Crippen LogP contribution in [0.2, 0.25) is 5.02 Å². The van der Waals surface area contributed by atoms with Crippen molar-refractivity contribution in [3.63, 3.8) is 0 Å². The maximum absolute atomic E-state index is 12.8. The lowest BCUT2D eigenvalue weighted by molar-refractivity contribution is 0.186. The summed E-state index contributed by atoms with van der Waals surface area (Å²) in [4.78, 5) is 9.13. The molecule has 1 saturated heterocycles. The topological polar surface area (TPSA) is 65.5 Å². The zero-order valence-corrected chi connectivity index (χ0v) is 18.6. The molecule has 0 spiro atoms. The molecule has 1 aromatic heterocycles. The molecule has 8 heteroatoms. The van der Waals surface area contributed by atoms with E-state index in [-0.39, 0.29) is 17.5 Å². The number of para-hydroxylation sites is 1. The van der Waals surface area contributed by atoms with E-state index in [0.717, 1.165) is 31.7 Å². The number of piperazine rings is 1. The van der Waals surface area contributed by atoms with Gasteiger partial charge in [0.25, 0.3) is 0 Å². The molecule has 1 unspecified atom stereocenters. The molecule has 2 heterocycles. The summed E-state index contributed by atoms with van der Waals surface area (Å²) in [7, 11) is -3.64. The van der Waals surface area contributed by atoms with Crippen LogP contribution in [-0.2, 0) is 10.0 Å². The van der Waals surface area contributed by atoms with Crippen LogP contribution in [-0.4, -0.2) is 51.0 Å². The average Bonchev–Trinajstić information content (AvgIpc) is 2.81. The van der Waals surface area contributed by atoms with Crippen LogP contribution < -0.4 is 9.62 Å². The lowest BCUT2D eigenvalue weighted by Crippen LogP contribution is -2.49. The lowest BCUT2D eigenvalue weighted by atomic mass is 10.1. The first-order valence-electron chi connectivity index (χ1n) is 10.2. The first-order valence-corrected chi connectivity index (χ1v) is 12.1. The van der Waals surface area contributed by atoms with Gasteiger partial charge in [0.2, 0.25) is 10.0 Å². The van der Waals surface area contributed by atoms with Gasteiger partial charge in [-0.2, -0.15) is 0 Å². The van der Waals surface area contributed by atoms with Crippen LogP contribution in [0.5, 0.6) is 0 Å². The second-order valence-electron chi connectivity index (χ2n) is 7.47. The summed E-state index contributed by atoms with van der Waals surface area (Å²) >= 11 is 5.89. The van der Waals surface area contributed by atoms with E-state index < -0.39 is 10.0 Å². The molecule has 4 rings (SSSR count). The number of nitrogens with one attached hydrogen (secondary N) is 1. The summed E-state index contributed by atoms with van der Waals surface area (Å²) in [5.74, 6) is 0. The van der Waals surface area contributed by atoms with Crippen molar-refractivity contribution in [3.8, 4) is 0 Å². The van der Waals surface area contributed by atoms with Crippen LogP contribution >= 0.6 is 11.6 Å². The monoisotopic (exact) mass is 456 g/mol. The van der Waals surface area contributed by atoms with Crippen LogP contribution in [0.4, 0.5) is 5.69 Å². The molecule has 1 atom stereocenters. The SMILES string of the molecule is O=S(=O)(NCC(c1cccnc1)N1CCN(c2ccccc2)CC1)c1ccc(Cl)cc1. The molecule has 6 nitrogen and oxygen atoms in total. The molecule has 0 amide bonds. The van der Waals surface area contributed by atoms with Crippen molar-refractivity contribution in [2.24, 2.45) is 0 Å². The molecule has 2 aromatic carbocycles. The zero-order valence-electron chi connectivity index (χ0n) is 17.1. The summed E-state index contributed by atoms with van der Waals surface area (Å²) in [5.41, 5.74) is 2.21. The third-order valence-corrected chi connectivity index (χ3v) is 7.23. The van der Waals surface area contributed by atoms with E-state index in [4.69, 9.17) is 11.6 Å². The molecule has 162 valence electrons. The van der Waals surface area contributed by atoms with Crippen molar-refractivity contribution in [2.45, 2.75) is 10.9 Å². The van der Waals surface area contributed by atoms with Gasteiger partial charge >= 0.3 is 0 Å². The third kappa shape index (κ3) is 5.43. The second kappa shape index (κ2) is 9.78. The van der Waals surface area contributed by atoms with Gasteiger partial charge in [-0.1, -0.05) is 35.9 Å². The highest BCUT2D eigenvalue weighted by atomic mass is 35.5. The van der Waals surface area contributed by atoms with E-state index in [2.05, 4.69) is 31.6 Å². The minimum atomic E-state index is -3.64. The zero-order chi connectivity index (χ0) is 21.7. The summed E-state index contributed by atoms with van der Waals surface area (Å²) in [6, 6.07) is 20.3. The summed E-state index contributed by atoms with van der Waals surface area (Å²) < 4.78 is 28.4. The Kier molecular flexibility index (Phi) is 6.87. The Morgan fingerprint density at radius 3 is 2.29 bits per heavy atom. The molecule has 0 bridgehead atoms. The predicted octanol–water partition coefficient (Wildman–Crippen LogP) is 3.58. The van der Waals surface area contributed by atoms with Crippen LogP contribution in [0.3, 0.4) is 0 Å². The first-order chi connectivity index (χ1) is 15.0. The molecular formula is C23H25ClN4O2S. The molecule has 3 aromatic rings. The standard InChI is InChI=1S/C23H25ClN4O2S/c24-20-8-10-22(11-9-20)31(29,30)26-18-23(19-5-4-12-25-17-19)28-15-13-27(14-16-28)21-6-2-1-3-7-21/h1-12,17,23,26H,13-16,18H2. The Hall–Kier alpha value is -2.45. The fourth-order valence-corrected chi connectivity index (χ4v) is 5.01. The van der Waals surface area contributed by atoms with E-state index in [1.165, 1.54) is 17.8 Å². The van der Waals surface area contributed by atoms with Crippen molar-refractivity contribution in [3.05, 3.63) is 89.7 Å². The number of nitrogens with zero attached hydrogens (tertiary/aromatic N) is 3. The van der Waals surface area contributed by atoms with Crippen molar-refractivity contribution < 1.29 is 8.42 Å². The summed E-state index contributed by atoms with van der Waals surface area (Å²) in [6.07, 6.45) is 3.54. The highest BCUT2D eigenvalue weighted by molar-refractivity contribution is 7.89. The number of sulfonamides is 1. The van der Waals surface area contributed by atoms with Gasteiger partial charge in [0.15, 0.2) is 0 Å². The van der Waals surface area contributed by atoms with Crippen molar-refractivity contribution in [2.75, 3.05) is 37.6 Å². The minimum Gasteiger partial charge on any atom is -0.369 e. The summed E-state index contributed by atoms with van der Waals surface area (Å²) in [5, 5.41) is 0.503. The smallest absolute Gasteiger partial charge is 0.240 e. The number of aromatic nitrogens is 1. The van der Waals surface area contributed by atoms with E-state index in [0.29, 0.717) is 5.02 Å². The van der Waals surface area contributed by atoms with Crippen molar-refractivity contribution >= 4 is 27.3 Å². The fraction of sp³-hybridized carbons (Fsp3) is 0.261. The number of hydrogen-bond acceptors (Lipinski definition) is 5. The Morgan fingerprint density at radius 2 is 1.65 bits per heavy atom. The minimum absolute atomic E-state index is 0.103. The van der Waals surface area contributed by atoms with Gasteiger partial charge in [-0.3, -0.25) is 9.88 Å². The third-order valence-electron chi connectivity index (χ3n) is 5.54. The van der Waals surface area contributed by atoms with Gasteiger partial charge in [-0.15, -0.1) is 0 Å². The number of pyridine rings is 1. The van der Waals surface area contributed by atoms with E-state index in [9.17, 15) is 8.42 Å². The number of halogens is 1. The number of rotatable bonds is 7. The maximum Gasteiger partial charge on any atom is 0.240 e. The van der Waals surface area contributed by atoms with Gasteiger partial charge in [-0.05, 0) is 48.0 Å². The molecule has 0 radical (unpaired) electrons. The second-order valence-corrected chi connectivity index (χ2v) is 9.67. The van der Waals surface area contributed by atoms with Gasteiger partial charge in [0.1, 0.15) is 0 Å². The van der Waals surface area contributed by atoms with Crippen LogP contribution in [0.25, 0.3) is 0 Å². The van der Waals surface area contributed by atoms with Crippen LogP contribution in [0, 0.1) is 0 Å². The Bertz CT molecular complexity index is 1070. The van der Waals surface area contributed by atoms with Gasteiger partial charge in [0.05, 0.1) is 10.9 Å². The van der Waals surface area contributed by atoms with E-state index in [1.807, 2.05) is 36.5 Å². The first kappa shape index (κ1) is 21.8. The van der Waals surface area contributed by atoms with Crippen molar-refractivity contribution in [1.82, 2.24) is 14.6 Å². The molecule has 1 aliphatic rings. The van der Waals surface area contributed by atoms with Gasteiger partial charge < -0.3 is 4.90 Å². The highest BCUT2D eigenvalue weighted by Crippen LogP contribution is 2.24. The predicted molar refractivity (Wildman–Crippen MR) is 124 cm³/mol. The normalized spacial score (nSPS) is 16.2. The van der Waals surface area contributed by atoms with E-state index in [1.54, 1.807) is 18.3 Å².